The number of benzene rings is 4. The van der Waals surface area contributed by atoms with E-state index >= 15 is 0 Å². The third-order valence-corrected chi connectivity index (χ3v) is 14.8. The van der Waals surface area contributed by atoms with Crippen molar-refractivity contribution in [3.63, 3.8) is 0 Å². The minimum Gasteiger partial charge on any atom is -0.481 e. The number of ether oxygens (including phenoxy) is 2. The van der Waals surface area contributed by atoms with E-state index in [1.807, 2.05) is 26.8 Å². The molecule has 0 spiro atoms. The normalized spacial score (nSPS) is 10.1. The Hall–Kier alpha value is -12.5. The van der Waals surface area contributed by atoms with Crippen LogP contribution in [0.15, 0.2) is 248 Å². The summed E-state index contributed by atoms with van der Waals surface area (Å²) in [7, 11) is -3.50. The van der Waals surface area contributed by atoms with E-state index in [9.17, 15) is 63.1 Å². The summed E-state index contributed by atoms with van der Waals surface area (Å²) in [4.78, 5) is 92.2. The number of halogens is 12. The van der Waals surface area contributed by atoms with Crippen molar-refractivity contribution < 1.29 is 143 Å². The molecule has 128 heavy (non-hydrogen) atoms. The summed E-state index contributed by atoms with van der Waals surface area (Å²) < 4.78 is 136. The van der Waals surface area contributed by atoms with Gasteiger partial charge in [0, 0.05) is 124 Å². The maximum Gasteiger partial charge on any atom is 0.488 e. The van der Waals surface area contributed by atoms with E-state index in [0.29, 0.717) is 69.1 Å². The van der Waals surface area contributed by atoms with Crippen molar-refractivity contribution in [2.24, 2.45) is 11.5 Å². The number of esters is 2. The standard InChI is InChI=1S/C16H16FNO2.C12H10F3N3.2C12H8FNO2.C10H12BrNO2.C6H5BF3NO2.C6H6BFO2.C6H7ClN2.2C2H4O2.3CH4.Pd/c1-16(2,3)20-15(19)14-8-7-12(10-18-14)11-5-4-6-13(17)9-11;13-12(14,15)11-5-9(3-4-17-11)10-2-1-8(6-16)7-18-10;2*13-10-3-1-2-8(6-10)9-4-5-11(12(15)16)14-7-9;1-10(2,3)14-9(13)8-5-4-7(11)6-12-8;8-6(9,10)5-3-4(7(12)13)1-2-11-5;8-6-3-1-2-5(4-6)7(9)10;7-6-2-1-5(3-8)4-9-6;2*1-2(3)4;;;;/h4-10H,1-3H3;1-5,7H,6,16H2;2*1-7H,(H,15,16);4-6H,1-3H3;1-3,12-13H;1-4,9-10H;1-2,4H,3,8H2;2*1H3,(H,3,4);3*1H4;. The minimum absolute atomic E-state index is 0. The van der Waals surface area contributed by atoms with Crippen LogP contribution >= 0.6 is 27.5 Å². The Bertz CT molecular complexity index is 5260. The molecular formula is C87H92B2BrClF10N10O16Pd. The molecule has 8 heterocycles. The van der Waals surface area contributed by atoms with Gasteiger partial charge < -0.3 is 61.5 Å². The molecule has 41 heteroatoms. The van der Waals surface area contributed by atoms with Crippen molar-refractivity contribution in [3.05, 3.63) is 322 Å². The molecule has 26 nitrogen and oxygen atoms in total. The van der Waals surface area contributed by atoms with E-state index in [1.54, 1.807) is 130 Å². The fourth-order valence-electron chi connectivity index (χ4n) is 8.65. The molecule has 4 aromatic carbocycles. The number of hydrogen-bond donors (Lipinski definition) is 10. The number of carboxylic acids is 4. The van der Waals surface area contributed by atoms with Gasteiger partial charge in [-0.2, -0.15) is 26.3 Å². The van der Waals surface area contributed by atoms with Gasteiger partial charge in [-0.15, -0.1) is 0 Å². The zero-order valence-electron chi connectivity index (χ0n) is 67.1. The molecular weight excluding hydrogens is 1870 g/mol. The average Bonchev–Trinajstić information content (AvgIpc) is 0.828. The zero-order chi connectivity index (χ0) is 93.2. The van der Waals surface area contributed by atoms with Crippen LogP contribution in [0, 0.1) is 23.3 Å². The molecule has 0 saturated heterocycles. The molecule has 0 atom stereocenters. The Morgan fingerprint density at radius 3 is 1.02 bits per heavy atom. The van der Waals surface area contributed by atoms with E-state index in [2.05, 4.69) is 55.8 Å². The quantitative estimate of drug-likeness (QED) is 0.0235. The summed E-state index contributed by atoms with van der Waals surface area (Å²) in [5, 5.41) is 66.9. The van der Waals surface area contributed by atoms with Crippen LogP contribution in [0.2, 0.25) is 5.15 Å². The fraction of sp³-hybridized carbons (Fsp3) is 0.195. The first kappa shape index (κ1) is 118. The molecule has 0 aliphatic rings. The molecule has 0 amide bonds. The van der Waals surface area contributed by atoms with E-state index in [1.165, 1.54) is 91.4 Å². The van der Waals surface area contributed by atoms with Gasteiger partial charge in [-0.3, -0.25) is 24.5 Å². The van der Waals surface area contributed by atoms with Gasteiger partial charge in [0.2, 0.25) is 0 Å². The first-order valence-corrected chi connectivity index (χ1v) is 36.7. The van der Waals surface area contributed by atoms with Crippen LogP contribution in [0.3, 0.4) is 0 Å². The van der Waals surface area contributed by atoms with Gasteiger partial charge in [0.05, 0.1) is 5.69 Å². The second-order valence-electron chi connectivity index (χ2n) is 26.5. The molecule has 12 rings (SSSR count). The first-order chi connectivity index (χ1) is 58.0. The number of alkyl halides is 6. The van der Waals surface area contributed by atoms with Crippen LogP contribution in [0.25, 0.3) is 44.6 Å². The molecule has 0 radical (unpaired) electrons. The van der Waals surface area contributed by atoms with E-state index in [-0.39, 0.29) is 88.2 Å². The minimum atomic E-state index is -4.56. The van der Waals surface area contributed by atoms with Gasteiger partial charge in [-0.1, -0.05) is 113 Å². The van der Waals surface area contributed by atoms with E-state index < -0.39 is 90.8 Å². The van der Waals surface area contributed by atoms with Crippen molar-refractivity contribution in [2.45, 2.75) is 114 Å². The Morgan fingerprint density at radius 1 is 0.391 bits per heavy atom. The topological polar surface area (TPSA) is 438 Å². The van der Waals surface area contributed by atoms with Crippen LogP contribution < -0.4 is 22.4 Å². The van der Waals surface area contributed by atoms with Crippen molar-refractivity contribution in [1.82, 2.24) is 39.9 Å². The predicted molar refractivity (Wildman–Crippen MR) is 465 cm³/mol. The molecule has 0 bridgehead atoms. The van der Waals surface area contributed by atoms with Crippen molar-refractivity contribution >= 4 is 88.5 Å². The second-order valence-corrected chi connectivity index (χ2v) is 27.8. The predicted octanol–water partition coefficient (Wildman–Crippen LogP) is 17.0. The van der Waals surface area contributed by atoms with Crippen LogP contribution in [0.1, 0.15) is 142 Å². The van der Waals surface area contributed by atoms with Crippen molar-refractivity contribution in [3.8, 4) is 44.6 Å². The number of nitrogens with zero attached hydrogens (tertiary/aromatic N) is 8. The number of aromatic nitrogens is 8. The smallest absolute Gasteiger partial charge is 0.481 e. The average molecular weight is 1970 g/mol. The number of aliphatic carboxylic acids is 2. The van der Waals surface area contributed by atoms with E-state index in [4.69, 9.17) is 82.7 Å². The van der Waals surface area contributed by atoms with Gasteiger partial charge in [-0.05, 0) is 211 Å². The maximum absolute atomic E-state index is 13.2. The fourth-order valence-corrected chi connectivity index (χ4v) is 8.99. The molecule has 0 aliphatic carbocycles. The van der Waals surface area contributed by atoms with Crippen LogP contribution in [-0.2, 0) is 64.9 Å². The van der Waals surface area contributed by atoms with Gasteiger partial charge in [0.1, 0.15) is 73.8 Å². The van der Waals surface area contributed by atoms with Gasteiger partial charge >= 0.3 is 50.5 Å². The van der Waals surface area contributed by atoms with E-state index in [0.717, 1.165) is 65.6 Å². The van der Waals surface area contributed by atoms with Crippen LogP contribution in [-0.4, -0.2) is 142 Å². The maximum atomic E-state index is 13.2. The van der Waals surface area contributed by atoms with Crippen LogP contribution in [0.4, 0.5) is 43.9 Å². The molecule has 12 N–H and O–H groups in total. The SMILES string of the molecule is C.C.C.CC(=O)O.CC(=O)O.CC(C)(C)OC(=O)c1ccc(-c2cccc(F)c2)cn1.CC(C)(C)OC(=O)c1ccc(Br)cn1.NCc1ccc(-c2ccnc(C(F)(F)F)c2)nc1.NCc1ccc(Cl)nc1.O=C(O)c1ccc(-c2cccc(F)c2)cn1.O=C(O)c1ccc(-c2cccc(F)c2)cn1.OB(O)c1cccc(F)c1.OB(O)c1ccnc(C(F)(F)F)c1.[Pd]. The number of aromatic carboxylic acids is 2. The number of nitrogens with two attached hydrogens (primary N) is 2. The van der Waals surface area contributed by atoms with Crippen molar-refractivity contribution in [1.29, 1.82) is 0 Å². The van der Waals surface area contributed by atoms with Gasteiger partial charge in [0.15, 0.2) is 0 Å². The number of pyridine rings is 8. The molecule has 0 fully saturated rings. The van der Waals surface area contributed by atoms with Gasteiger partial charge in [-0.25, -0.2) is 61.7 Å². The summed E-state index contributed by atoms with van der Waals surface area (Å²) >= 11 is 8.76. The number of hydrogen-bond acceptors (Lipinski definition) is 22. The molecule has 12 aromatic rings. The molecule has 8 aromatic heterocycles. The third-order valence-electron chi connectivity index (χ3n) is 14.1. The first-order valence-electron chi connectivity index (χ1n) is 35.6. The molecule has 0 unspecified atom stereocenters. The molecule has 0 aliphatic heterocycles. The monoisotopic (exact) mass is 1960 g/mol. The van der Waals surface area contributed by atoms with Crippen LogP contribution in [0.5, 0.6) is 0 Å². The Kier molecular flexibility index (Phi) is 53.3. The summed E-state index contributed by atoms with van der Waals surface area (Å²) in [5.74, 6) is -6.13. The summed E-state index contributed by atoms with van der Waals surface area (Å²) in [6.45, 7) is 13.9. The summed E-state index contributed by atoms with van der Waals surface area (Å²) in [6.07, 6.45) is 2.13. The Balaban J connectivity index is 0. The summed E-state index contributed by atoms with van der Waals surface area (Å²) in [5.41, 5.74) is 14.9. The largest absolute Gasteiger partial charge is 0.488 e. The van der Waals surface area contributed by atoms with Crippen molar-refractivity contribution in [2.75, 3.05) is 0 Å². The van der Waals surface area contributed by atoms with Gasteiger partial charge in [0.25, 0.3) is 11.9 Å². The number of rotatable bonds is 12. The molecule has 0 saturated carbocycles. The molecule has 686 valence electrons. The summed E-state index contributed by atoms with van der Waals surface area (Å²) in [6, 6.07) is 47.3. The second kappa shape index (κ2) is 58.0. The zero-order valence-corrected chi connectivity index (χ0v) is 71.0. The third kappa shape index (κ3) is 47.7. The Morgan fingerprint density at radius 2 is 0.727 bits per heavy atom. The number of carboxylic acid groups (broad SMARTS) is 4. The number of carbonyl (C=O) groups is 6. The number of carbonyl (C=O) groups excluding carboxylic acids is 2. The Labute approximate surface area is 759 Å².